The van der Waals surface area contributed by atoms with Crippen molar-refractivity contribution in [3.63, 3.8) is 0 Å². The second-order valence-electron chi connectivity index (χ2n) is 5.76. The summed E-state index contributed by atoms with van der Waals surface area (Å²) in [5.74, 6) is -0.725. The van der Waals surface area contributed by atoms with E-state index in [-0.39, 0.29) is 11.7 Å². The van der Waals surface area contributed by atoms with Crippen LogP contribution in [-0.4, -0.2) is 25.9 Å². The highest BCUT2D eigenvalue weighted by Crippen LogP contribution is 2.30. The lowest BCUT2D eigenvalue weighted by molar-refractivity contribution is 0.0945. The van der Waals surface area contributed by atoms with Crippen molar-refractivity contribution in [1.29, 1.82) is 0 Å². The average molecular weight is 379 g/mol. The first-order chi connectivity index (χ1) is 13.1. The molecule has 132 valence electrons. The summed E-state index contributed by atoms with van der Waals surface area (Å²) in [6.45, 7) is 0. The van der Waals surface area contributed by atoms with E-state index in [4.69, 9.17) is 11.6 Å². The Morgan fingerprint density at radius 3 is 2.41 bits per heavy atom. The molecule has 0 saturated carbocycles. The van der Waals surface area contributed by atoms with Gasteiger partial charge in [-0.25, -0.2) is 4.39 Å². The van der Waals surface area contributed by atoms with Gasteiger partial charge in [0.25, 0.3) is 5.91 Å². The highest BCUT2D eigenvalue weighted by molar-refractivity contribution is 6.31. The van der Waals surface area contributed by atoms with Crippen LogP contribution in [0.1, 0.15) is 10.4 Å². The highest BCUT2D eigenvalue weighted by atomic mass is 35.5. The molecule has 0 aliphatic rings. The maximum absolute atomic E-state index is 13.3. The number of halogens is 2. The number of pyridine rings is 1. The number of aromatic nitrogens is 4. The summed E-state index contributed by atoms with van der Waals surface area (Å²) in [6, 6.07) is 16.0. The van der Waals surface area contributed by atoms with E-state index < -0.39 is 0 Å². The molecule has 0 aliphatic heterocycles. The smallest absolute Gasteiger partial charge is 0.267 e. The Balaban J connectivity index is 1.90. The third-order valence-electron chi connectivity index (χ3n) is 4.01. The molecule has 7 heteroatoms. The van der Waals surface area contributed by atoms with Crippen LogP contribution in [0.5, 0.6) is 0 Å². The molecule has 4 rings (SSSR count). The van der Waals surface area contributed by atoms with Gasteiger partial charge in [0, 0.05) is 34.1 Å². The molecular weight excluding hydrogens is 367 g/mol. The number of carbonyl (C=O) groups is 1. The van der Waals surface area contributed by atoms with Crippen LogP contribution in [0, 0.1) is 5.82 Å². The van der Waals surface area contributed by atoms with Crippen LogP contribution in [0.15, 0.2) is 73.1 Å². The largest absolute Gasteiger partial charge is 0.280 e. The Kier molecular flexibility index (Phi) is 4.48. The SMILES string of the molecule is O=C(c1cccc(Cl)c1)n1nnc(-c2ccc(F)cc2)c1-c1ccncc1. The topological polar surface area (TPSA) is 60.7 Å². The minimum atomic E-state index is -0.370. The van der Waals surface area contributed by atoms with Crippen molar-refractivity contribution in [2.45, 2.75) is 0 Å². The summed E-state index contributed by atoms with van der Waals surface area (Å²) >= 11 is 6.01. The maximum Gasteiger partial charge on any atom is 0.280 e. The fraction of sp³-hybridized carbons (Fsp3) is 0. The minimum absolute atomic E-state index is 0.355. The first kappa shape index (κ1) is 17.1. The molecule has 0 fully saturated rings. The third kappa shape index (κ3) is 3.35. The lowest BCUT2D eigenvalue weighted by atomic mass is 10.1. The normalized spacial score (nSPS) is 10.7. The van der Waals surface area contributed by atoms with Crippen LogP contribution in [0.3, 0.4) is 0 Å². The Bertz CT molecular complexity index is 1110. The van der Waals surface area contributed by atoms with Gasteiger partial charge in [0.15, 0.2) is 0 Å². The van der Waals surface area contributed by atoms with Crippen LogP contribution in [0.2, 0.25) is 5.02 Å². The first-order valence-corrected chi connectivity index (χ1v) is 8.43. The number of nitrogens with zero attached hydrogens (tertiary/aromatic N) is 4. The predicted molar refractivity (Wildman–Crippen MR) is 99.8 cm³/mol. The molecule has 27 heavy (non-hydrogen) atoms. The van der Waals surface area contributed by atoms with Gasteiger partial charge in [-0.2, -0.15) is 4.68 Å². The van der Waals surface area contributed by atoms with Crippen LogP contribution in [0.25, 0.3) is 22.5 Å². The average Bonchev–Trinajstić information content (AvgIpc) is 3.13. The van der Waals surface area contributed by atoms with Crippen molar-refractivity contribution in [2.24, 2.45) is 0 Å². The zero-order valence-corrected chi connectivity index (χ0v) is 14.6. The summed E-state index contributed by atoms with van der Waals surface area (Å²) < 4.78 is 14.5. The summed E-state index contributed by atoms with van der Waals surface area (Å²) in [5, 5.41) is 8.68. The van der Waals surface area contributed by atoms with Crippen LogP contribution >= 0.6 is 11.6 Å². The Labute approximate surface area is 159 Å². The Morgan fingerprint density at radius 2 is 1.70 bits per heavy atom. The van der Waals surface area contributed by atoms with Gasteiger partial charge in [0.05, 0.1) is 0 Å². The molecule has 0 atom stereocenters. The van der Waals surface area contributed by atoms with Gasteiger partial charge in [-0.3, -0.25) is 9.78 Å². The van der Waals surface area contributed by atoms with Gasteiger partial charge in [-0.1, -0.05) is 22.9 Å². The molecule has 5 nitrogen and oxygen atoms in total. The summed E-state index contributed by atoms with van der Waals surface area (Å²) in [6.07, 6.45) is 3.23. The van der Waals surface area contributed by atoms with Gasteiger partial charge in [-0.15, -0.1) is 5.10 Å². The van der Waals surface area contributed by atoms with Crippen molar-refractivity contribution in [3.05, 3.63) is 89.5 Å². The number of hydrogen-bond donors (Lipinski definition) is 0. The molecule has 0 N–H and O–H groups in total. The molecular formula is C20H12ClFN4O. The lowest BCUT2D eigenvalue weighted by Crippen LogP contribution is -2.15. The standard InChI is InChI=1S/C20H12ClFN4O/c21-16-3-1-2-15(12-16)20(27)26-19(14-8-10-23-11-9-14)18(24-25-26)13-4-6-17(22)7-5-13/h1-12H. The van der Waals surface area contributed by atoms with E-state index in [9.17, 15) is 9.18 Å². The molecule has 0 spiro atoms. The zero-order chi connectivity index (χ0) is 18.8. The molecule has 2 aromatic heterocycles. The van der Waals surface area contributed by atoms with Gasteiger partial charge in [0.2, 0.25) is 0 Å². The number of benzene rings is 2. The lowest BCUT2D eigenvalue weighted by Gasteiger charge is -2.08. The van der Waals surface area contributed by atoms with E-state index >= 15 is 0 Å². The first-order valence-electron chi connectivity index (χ1n) is 8.06. The Hall–Kier alpha value is -3.38. The fourth-order valence-corrected chi connectivity index (χ4v) is 2.93. The van der Waals surface area contributed by atoms with E-state index in [1.165, 1.54) is 16.8 Å². The van der Waals surface area contributed by atoms with Crippen molar-refractivity contribution >= 4 is 17.5 Å². The van der Waals surface area contributed by atoms with Crippen molar-refractivity contribution in [1.82, 2.24) is 20.0 Å². The molecule has 2 aromatic carbocycles. The van der Waals surface area contributed by atoms with E-state index in [0.717, 1.165) is 0 Å². The number of rotatable bonds is 3. The molecule has 0 bridgehead atoms. The van der Waals surface area contributed by atoms with Crippen LogP contribution in [-0.2, 0) is 0 Å². The summed E-state index contributed by atoms with van der Waals surface area (Å²) in [7, 11) is 0. The second kappa shape index (κ2) is 7.09. The highest BCUT2D eigenvalue weighted by Gasteiger charge is 2.22. The Morgan fingerprint density at radius 1 is 0.963 bits per heavy atom. The van der Waals surface area contributed by atoms with E-state index in [1.807, 2.05) is 0 Å². The molecule has 4 aromatic rings. The third-order valence-corrected chi connectivity index (χ3v) is 4.24. The van der Waals surface area contributed by atoms with Gasteiger partial charge in [-0.05, 0) is 54.6 Å². The second-order valence-corrected chi connectivity index (χ2v) is 6.19. The predicted octanol–water partition coefficient (Wildman–Crippen LogP) is 4.49. The van der Waals surface area contributed by atoms with Gasteiger partial charge >= 0.3 is 0 Å². The van der Waals surface area contributed by atoms with Gasteiger partial charge in [0.1, 0.15) is 17.2 Å². The summed E-state index contributed by atoms with van der Waals surface area (Å²) in [4.78, 5) is 17.0. The van der Waals surface area contributed by atoms with Crippen molar-refractivity contribution < 1.29 is 9.18 Å². The maximum atomic E-state index is 13.3. The van der Waals surface area contributed by atoms with E-state index in [1.54, 1.807) is 60.9 Å². The van der Waals surface area contributed by atoms with Crippen molar-refractivity contribution in [3.8, 4) is 22.5 Å². The molecule has 0 aliphatic carbocycles. The molecule has 0 amide bonds. The minimum Gasteiger partial charge on any atom is -0.267 e. The number of carbonyl (C=O) groups excluding carboxylic acids is 1. The molecule has 0 radical (unpaired) electrons. The fourth-order valence-electron chi connectivity index (χ4n) is 2.74. The van der Waals surface area contributed by atoms with E-state index in [0.29, 0.717) is 33.1 Å². The summed E-state index contributed by atoms with van der Waals surface area (Å²) in [5.41, 5.74) is 2.71. The van der Waals surface area contributed by atoms with Gasteiger partial charge < -0.3 is 0 Å². The molecule has 0 unspecified atom stereocenters. The zero-order valence-electron chi connectivity index (χ0n) is 13.9. The monoisotopic (exact) mass is 378 g/mol. The quantitative estimate of drug-likeness (QED) is 0.527. The van der Waals surface area contributed by atoms with Crippen molar-refractivity contribution in [2.75, 3.05) is 0 Å². The van der Waals surface area contributed by atoms with Crippen LogP contribution in [0.4, 0.5) is 4.39 Å². The van der Waals surface area contributed by atoms with Crippen LogP contribution < -0.4 is 0 Å². The molecule has 2 heterocycles. The van der Waals surface area contributed by atoms with E-state index in [2.05, 4.69) is 15.3 Å². The number of hydrogen-bond acceptors (Lipinski definition) is 4. The molecule has 0 saturated heterocycles.